The van der Waals surface area contributed by atoms with Crippen LogP contribution in [0.5, 0.6) is 0 Å². The van der Waals surface area contributed by atoms with E-state index in [-0.39, 0.29) is 35.4 Å². The van der Waals surface area contributed by atoms with Gasteiger partial charge in [-0.2, -0.15) is 5.10 Å². The molecule has 1 aromatic rings. The van der Waals surface area contributed by atoms with Gasteiger partial charge in [0.1, 0.15) is 0 Å². The minimum atomic E-state index is -3.00. The molecule has 0 bridgehead atoms. The number of hydrogen-bond donors (Lipinski definition) is 1. The molecular weight excluding hydrogens is 310 g/mol. The standard InChI is InChI=1S/C13H15N3O5S/c17-13(7-11-4-5-22(20,21)9-11)15-14-8-10-2-1-3-12(6-10)16(18)19/h1-3,6,8,11H,4-5,7,9H2,(H,15,17)/b14-8+/t11-/m1/s1. The molecule has 0 spiro atoms. The summed E-state index contributed by atoms with van der Waals surface area (Å²) in [6.45, 7) is 0. The van der Waals surface area contributed by atoms with E-state index in [0.717, 1.165) is 0 Å². The van der Waals surface area contributed by atoms with Gasteiger partial charge in [0.15, 0.2) is 9.84 Å². The fourth-order valence-corrected chi connectivity index (χ4v) is 4.10. The number of nitro groups is 1. The van der Waals surface area contributed by atoms with E-state index in [2.05, 4.69) is 10.5 Å². The van der Waals surface area contributed by atoms with E-state index in [9.17, 15) is 23.3 Å². The van der Waals surface area contributed by atoms with Gasteiger partial charge < -0.3 is 0 Å². The van der Waals surface area contributed by atoms with E-state index in [1.54, 1.807) is 6.07 Å². The lowest BCUT2D eigenvalue weighted by atomic mass is 10.1. The molecule has 0 unspecified atom stereocenters. The zero-order chi connectivity index (χ0) is 16.2. The van der Waals surface area contributed by atoms with Crippen LogP contribution in [-0.2, 0) is 14.6 Å². The summed E-state index contributed by atoms with van der Waals surface area (Å²) in [6.07, 6.45) is 1.89. The van der Waals surface area contributed by atoms with Gasteiger partial charge in [0.25, 0.3) is 5.69 Å². The molecule has 9 heteroatoms. The van der Waals surface area contributed by atoms with E-state index < -0.39 is 14.8 Å². The van der Waals surface area contributed by atoms with Crippen molar-refractivity contribution in [3.05, 3.63) is 39.9 Å². The number of hydrogen-bond acceptors (Lipinski definition) is 6. The van der Waals surface area contributed by atoms with Gasteiger partial charge in [-0.1, -0.05) is 12.1 Å². The molecule has 8 nitrogen and oxygen atoms in total. The van der Waals surface area contributed by atoms with Crippen LogP contribution in [0.4, 0.5) is 5.69 Å². The summed E-state index contributed by atoms with van der Waals surface area (Å²) in [6, 6.07) is 5.83. The first kappa shape index (κ1) is 16.1. The first-order valence-corrected chi connectivity index (χ1v) is 8.45. The Hall–Kier alpha value is -2.29. The Balaban J connectivity index is 1.86. The van der Waals surface area contributed by atoms with Crippen molar-refractivity contribution in [1.29, 1.82) is 0 Å². The first-order valence-electron chi connectivity index (χ1n) is 6.62. The van der Waals surface area contributed by atoms with Gasteiger partial charge in [0.05, 0.1) is 22.6 Å². The van der Waals surface area contributed by atoms with Crippen LogP contribution in [-0.4, -0.2) is 37.0 Å². The number of nitrogens with zero attached hydrogens (tertiary/aromatic N) is 2. The van der Waals surface area contributed by atoms with Crippen molar-refractivity contribution in [2.24, 2.45) is 11.0 Å². The van der Waals surface area contributed by atoms with Crippen molar-refractivity contribution < 1.29 is 18.1 Å². The van der Waals surface area contributed by atoms with Crippen LogP contribution >= 0.6 is 0 Å². The number of amides is 1. The molecule has 1 saturated heterocycles. The van der Waals surface area contributed by atoms with Crippen molar-refractivity contribution in [3.63, 3.8) is 0 Å². The predicted octanol–water partition coefficient (Wildman–Crippen LogP) is 0.870. The Morgan fingerprint density at radius 1 is 1.50 bits per heavy atom. The highest BCUT2D eigenvalue weighted by Crippen LogP contribution is 2.21. The summed E-state index contributed by atoms with van der Waals surface area (Å²) >= 11 is 0. The minimum Gasteiger partial charge on any atom is -0.273 e. The number of hydrazone groups is 1. The molecule has 1 fully saturated rings. The number of non-ortho nitro benzene ring substituents is 1. The van der Waals surface area contributed by atoms with Gasteiger partial charge in [-0.15, -0.1) is 0 Å². The number of rotatable bonds is 5. The second-order valence-corrected chi connectivity index (χ2v) is 7.35. The van der Waals surface area contributed by atoms with Crippen LogP contribution < -0.4 is 5.43 Å². The Kier molecular flexibility index (Phi) is 4.86. The molecule has 1 aliphatic rings. The highest BCUT2D eigenvalue weighted by molar-refractivity contribution is 7.91. The van der Waals surface area contributed by atoms with E-state index in [0.29, 0.717) is 12.0 Å². The van der Waals surface area contributed by atoms with Crippen molar-refractivity contribution in [1.82, 2.24) is 5.43 Å². The quantitative estimate of drug-likeness (QED) is 0.489. The molecule has 1 aromatic carbocycles. The molecule has 0 radical (unpaired) electrons. The van der Waals surface area contributed by atoms with Crippen molar-refractivity contribution in [2.45, 2.75) is 12.8 Å². The van der Waals surface area contributed by atoms with Gasteiger partial charge in [0, 0.05) is 24.1 Å². The van der Waals surface area contributed by atoms with E-state index in [4.69, 9.17) is 0 Å². The number of carbonyl (C=O) groups is 1. The number of benzene rings is 1. The topological polar surface area (TPSA) is 119 Å². The molecule has 0 saturated carbocycles. The number of carbonyl (C=O) groups excluding carboxylic acids is 1. The van der Waals surface area contributed by atoms with E-state index in [1.807, 2.05) is 0 Å². The normalized spacial score (nSPS) is 20.1. The molecule has 2 rings (SSSR count). The van der Waals surface area contributed by atoms with Gasteiger partial charge in [-0.25, -0.2) is 13.8 Å². The number of nitrogens with one attached hydrogen (secondary N) is 1. The molecular formula is C13H15N3O5S. The Bertz CT molecular complexity index is 714. The third-order valence-corrected chi connectivity index (χ3v) is 5.12. The highest BCUT2D eigenvalue weighted by Gasteiger charge is 2.29. The van der Waals surface area contributed by atoms with Gasteiger partial charge in [0.2, 0.25) is 5.91 Å². The van der Waals surface area contributed by atoms with Crippen molar-refractivity contribution in [2.75, 3.05) is 11.5 Å². The fraction of sp³-hybridized carbons (Fsp3) is 0.385. The summed E-state index contributed by atoms with van der Waals surface area (Å²) < 4.78 is 22.6. The average molecular weight is 325 g/mol. The molecule has 0 aliphatic carbocycles. The average Bonchev–Trinajstić information content (AvgIpc) is 2.78. The maximum Gasteiger partial charge on any atom is 0.270 e. The molecule has 1 heterocycles. The lowest BCUT2D eigenvalue weighted by molar-refractivity contribution is -0.384. The maximum atomic E-state index is 11.6. The summed E-state index contributed by atoms with van der Waals surface area (Å²) in [5.74, 6) is -0.376. The highest BCUT2D eigenvalue weighted by atomic mass is 32.2. The van der Waals surface area contributed by atoms with Gasteiger partial charge >= 0.3 is 0 Å². The number of nitro benzene ring substituents is 1. The Labute approximate surface area is 127 Å². The zero-order valence-corrected chi connectivity index (χ0v) is 12.5. The van der Waals surface area contributed by atoms with Crippen LogP contribution in [0, 0.1) is 16.0 Å². The van der Waals surface area contributed by atoms with Crippen LogP contribution in [0.1, 0.15) is 18.4 Å². The molecule has 118 valence electrons. The summed E-state index contributed by atoms with van der Waals surface area (Å²) in [7, 11) is -3.00. The van der Waals surface area contributed by atoms with Crippen LogP contribution in [0.15, 0.2) is 29.4 Å². The molecule has 1 aliphatic heterocycles. The predicted molar refractivity (Wildman–Crippen MR) is 80.2 cm³/mol. The molecule has 1 amide bonds. The smallest absolute Gasteiger partial charge is 0.270 e. The minimum absolute atomic E-state index is 0.0367. The van der Waals surface area contributed by atoms with Crippen molar-refractivity contribution in [3.8, 4) is 0 Å². The zero-order valence-electron chi connectivity index (χ0n) is 11.6. The Morgan fingerprint density at radius 2 is 2.27 bits per heavy atom. The van der Waals surface area contributed by atoms with Crippen LogP contribution in [0.25, 0.3) is 0 Å². The maximum absolute atomic E-state index is 11.6. The molecule has 1 atom stereocenters. The third-order valence-electron chi connectivity index (χ3n) is 3.28. The first-order chi connectivity index (χ1) is 10.4. The van der Waals surface area contributed by atoms with Gasteiger partial charge in [-0.05, 0) is 12.3 Å². The monoisotopic (exact) mass is 325 g/mol. The van der Waals surface area contributed by atoms with E-state index in [1.165, 1.54) is 24.4 Å². The summed E-state index contributed by atoms with van der Waals surface area (Å²) in [5, 5.41) is 14.3. The lowest BCUT2D eigenvalue weighted by Gasteiger charge is -2.05. The van der Waals surface area contributed by atoms with Gasteiger partial charge in [-0.3, -0.25) is 14.9 Å². The molecule has 22 heavy (non-hydrogen) atoms. The lowest BCUT2D eigenvalue weighted by Crippen LogP contribution is -2.21. The second-order valence-electron chi connectivity index (χ2n) is 5.12. The third kappa shape index (κ3) is 4.62. The SMILES string of the molecule is O=C(C[C@H]1CCS(=O)(=O)C1)N/N=C/c1cccc([N+](=O)[O-])c1. The second kappa shape index (κ2) is 6.65. The van der Waals surface area contributed by atoms with E-state index >= 15 is 0 Å². The Morgan fingerprint density at radius 3 is 2.91 bits per heavy atom. The molecule has 1 N–H and O–H groups in total. The summed E-state index contributed by atoms with van der Waals surface area (Å²) in [4.78, 5) is 21.8. The molecule has 0 aromatic heterocycles. The van der Waals surface area contributed by atoms with Crippen LogP contribution in [0.3, 0.4) is 0 Å². The van der Waals surface area contributed by atoms with Crippen molar-refractivity contribution >= 4 is 27.6 Å². The van der Waals surface area contributed by atoms with Crippen LogP contribution in [0.2, 0.25) is 0 Å². The fourth-order valence-electron chi connectivity index (χ4n) is 2.24. The summed E-state index contributed by atoms with van der Waals surface area (Å²) in [5.41, 5.74) is 2.72. The largest absolute Gasteiger partial charge is 0.273 e. The number of sulfone groups is 1.